The van der Waals surface area contributed by atoms with Crippen LogP contribution < -0.4 is 14.8 Å². The molecular formula is C20H21ClN2O7. The highest BCUT2D eigenvalue weighted by atomic mass is 35.5. The third-order valence-corrected chi connectivity index (χ3v) is 4.14. The number of halogens is 1. The van der Waals surface area contributed by atoms with E-state index < -0.39 is 22.9 Å². The summed E-state index contributed by atoms with van der Waals surface area (Å²) in [7, 11) is 0. The minimum Gasteiger partial charge on any atom is -0.494 e. The van der Waals surface area contributed by atoms with Gasteiger partial charge in [0.05, 0.1) is 35.3 Å². The fraction of sp³-hybridized carbons (Fsp3) is 0.300. The molecule has 0 saturated carbocycles. The maximum absolute atomic E-state index is 12.2. The number of non-ortho nitro benzene ring substituents is 1. The lowest BCUT2D eigenvalue weighted by Gasteiger charge is -2.14. The fourth-order valence-corrected chi connectivity index (χ4v) is 2.48. The number of hydrogen-bond donors (Lipinski definition) is 1. The van der Waals surface area contributed by atoms with Gasteiger partial charge in [0.2, 0.25) is 0 Å². The summed E-state index contributed by atoms with van der Waals surface area (Å²) in [4.78, 5) is 34.4. The first-order chi connectivity index (χ1) is 14.3. The van der Waals surface area contributed by atoms with Crippen molar-refractivity contribution in [3.8, 4) is 11.5 Å². The third-order valence-electron chi connectivity index (χ3n) is 3.81. The predicted octanol–water partition coefficient (Wildman–Crippen LogP) is 3.99. The van der Waals surface area contributed by atoms with E-state index in [0.717, 1.165) is 6.07 Å². The van der Waals surface area contributed by atoms with Crippen LogP contribution in [0.4, 0.5) is 11.4 Å². The van der Waals surface area contributed by atoms with Crippen LogP contribution in [0.3, 0.4) is 0 Å². The number of nitrogens with zero attached hydrogens (tertiary/aromatic N) is 1. The van der Waals surface area contributed by atoms with E-state index in [4.69, 9.17) is 25.8 Å². The van der Waals surface area contributed by atoms with Crippen molar-refractivity contribution in [1.82, 2.24) is 0 Å². The number of benzene rings is 2. The topological polar surface area (TPSA) is 117 Å². The Labute approximate surface area is 178 Å². The number of nitrogens with one attached hydrogen (secondary N) is 1. The van der Waals surface area contributed by atoms with Gasteiger partial charge in [0.15, 0.2) is 6.10 Å². The maximum Gasteiger partial charge on any atom is 0.310 e. The second kappa shape index (κ2) is 11.0. The van der Waals surface area contributed by atoms with Crippen LogP contribution in [0.15, 0.2) is 42.5 Å². The monoisotopic (exact) mass is 436 g/mol. The van der Waals surface area contributed by atoms with Crippen molar-refractivity contribution in [2.75, 3.05) is 18.5 Å². The lowest BCUT2D eigenvalue weighted by Crippen LogP contribution is -2.30. The van der Waals surface area contributed by atoms with E-state index in [1.165, 1.54) is 19.1 Å². The molecule has 0 spiro atoms. The molecule has 160 valence electrons. The van der Waals surface area contributed by atoms with Gasteiger partial charge in [-0.05, 0) is 44.2 Å². The minimum absolute atomic E-state index is 0.0533. The van der Waals surface area contributed by atoms with Crippen LogP contribution in [-0.2, 0) is 14.3 Å². The van der Waals surface area contributed by atoms with Crippen molar-refractivity contribution < 1.29 is 28.7 Å². The zero-order valence-electron chi connectivity index (χ0n) is 16.4. The molecule has 0 saturated heterocycles. The molecule has 0 aliphatic heterocycles. The molecule has 1 N–H and O–H groups in total. The zero-order chi connectivity index (χ0) is 22.1. The van der Waals surface area contributed by atoms with Gasteiger partial charge in [-0.2, -0.15) is 0 Å². The first kappa shape index (κ1) is 23.0. The molecule has 0 unspecified atom stereocenters. The maximum atomic E-state index is 12.2. The van der Waals surface area contributed by atoms with E-state index in [1.54, 1.807) is 24.3 Å². The quantitative estimate of drug-likeness (QED) is 0.340. The zero-order valence-corrected chi connectivity index (χ0v) is 17.2. The highest BCUT2D eigenvalue weighted by Gasteiger charge is 2.20. The molecule has 0 fully saturated rings. The Kier molecular flexibility index (Phi) is 8.42. The highest BCUT2D eigenvalue weighted by molar-refractivity contribution is 6.33. The van der Waals surface area contributed by atoms with E-state index in [2.05, 4.69) is 5.32 Å². The summed E-state index contributed by atoms with van der Waals surface area (Å²) in [5.41, 5.74) is -0.177. The van der Waals surface area contributed by atoms with Crippen LogP contribution in [-0.4, -0.2) is 36.1 Å². The Morgan fingerprint density at radius 1 is 1.13 bits per heavy atom. The molecule has 0 heterocycles. The number of nitro groups is 1. The number of ether oxygens (including phenoxy) is 3. The summed E-state index contributed by atoms with van der Waals surface area (Å²) < 4.78 is 15.9. The molecule has 0 aromatic heterocycles. The van der Waals surface area contributed by atoms with Crippen molar-refractivity contribution in [2.24, 2.45) is 0 Å². The SMILES string of the molecule is CCOc1ccc(OCCC(=O)O[C@@H](C)C(=O)Nc2cc([N+](=O)[O-])ccc2Cl)cc1. The summed E-state index contributed by atoms with van der Waals surface area (Å²) in [6.45, 7) is 3.89. The second-order valence-electron chi connectivity index (χ2n) is 6.05. The highest BCUT2D eigenvalue weighted by Crippen LogP contribution is 2.27. The Morgan fingerprint density at radius 3 is 2.37 bits per heavy atom. The van der Waals surface area contributed by atoms with Gasteiger partial charge >= 0.3 is 5.97 Å². The van der Waals surface area contributed by atoms with Crippen molar-refractivity contribution in [2.45, 2.75) is 26.4 Å². The molecule has 1 amide bonds. The lowest BCUT2D eigenvalue weighted by atomic mass is 10.2. The Hall–Kier alpha value is -3.33. The van der Waals surface area contributed by atoms with Crippen molar-refractivity contribution in [3.05, 3.63) is 57.6 Å². The van der Waals surface area contributed by atoms with Gasteiger partial charge in [-0.15, -0.1) is 0 Å². The van der Waals surface area contributed by atoms with Crippen LogP contribution in [0.1, 0.15) is 20.3 Å². The van der Waals surface area contributed by atoms with E-state index in [0.29, 0.717) is 18.1 Å². The Bertz CT molecular complexity index is 903. The number of nitro benzene ring substituents is 1. The van der Waals surface area contributed by atoms with Gasteiger partial charge in [-0.3, -0.25) is 19.7 Å². The number of carbonyl (C=O) groups excluding carboxylic acids is 2. The first-order valence-electron chi connectivity index (χ1n) is 9.10. The Morgan fingerprint density at radius 2 is 1.77 bits per heavy atom. The third kappa shape index (κ3) is 6.93. The van der Waals surface area contributed by atoms with E-state index in [1.807, 2.05) is 6.92 Å². The summed E-state index contributed by atoms with van der Waals surface area (Å²) in [5, 5.41) is 13.4. The molecule has 10 heteroatoms. The largest absolute Gasteiger partial charge is 0.494 e. The predicted molar refractivity (Wildman–Crippen MR) is 110 cm³/mol. The van der Waals surface area contributed by atoms with Crippen molar-refractivity contribution in [1.29, 1.82) is 0 Å². The summed E-state index contributed by atoms with van der Waals surface area (Å²) in [6.07, 6.45) is -1.19. The van der Waals surface area contributed by atoms with Crippen LogP contribution in [0.25, 0.3) is 0 Å². The molecule has 2 aromatic carbocycles. The first-order valence-corrected chi connectivity index (χ1v) is 9.48. The molecule has 2 aromatic rings. The van der Waals surface area contributed by atoms with Crippen molar-refractivity contribution >= 4 is 34.9 Å². The van der Waals surface area contributed by atoms with Crippen LogP contribution in [0, 0.1) is 10.1 Å². The summed E-state index contributed by atoms with van der Waals surface area (Å²) >= 11 is 5.94. The molecule has 30 heavy (non-hydrogen) atoms. The standard InChI is InChI=1S/C20H21ClN2O7/c1-3-28-15-5-7-16(8-6-15)29-11-10-19(24)30-13(2)20(25)22-18-12-14(23(26)27)4-9-17(18)21/h4-9,12-13H,3,10-11H2,1-2H3,(H,22,25)/t13-/m0/s1. The average Bonchev–Trinajstić information content (AvgIpc) is 2.70. The minimum atomic E-state index is -1.13. The summed E-state index contributed by atoms with van der Waals surface area (Å²) in [6, 6.07) is 10.6. The number of amides is 1. The Balaban J connectivity index is 1.80. The van der Waals surface area contributed by atoms with Crippen LogP contribution >= 0.6 is 11.6 Å². The van der Waals surface area contributed by atoms with Gasteiger partial charge in [-0.25, -0.2) is 0 Å². The van der Waals surface area contributed by atoms with E-state index >= 15 is 0 Å². The molecule has 2 rings (SSSR count). The van der Waals surface area contributed by atoms with Gasteiger partial charge in [-0.1, -0.05) is 11.6 Å². The molecule has 0 aliphatic carbocycles. The summed E-state index contributed by atoms with van der Waals surface area (Å²) in [5.74, 6) is -0.0165. The molecule has 0 radical (unpaired) electrons. The molecule has 0 bridgehead atoms. The molecule has 0 aliphatic rings. The van der Waals surface area contributed by atoms with E-state index in [-0.39, 0.29) is 29.4 Å². The van der Waals surface area contributed by atoms with Crippen LogP contribution in [0.5, 0.6) is 11.5 Å². The van der Waals surface area contributed by atoms with Crippen LogP contribution in [0.2, 0.25) is 5.02 Å². The number of esters is 1. The average molecular weight is 437 g/mol. The van der Waals surface area contributed by atoms with E-state index in [9.17, 15) is 19.7 Å². The molecular weight excluding hydrogens is 416 g/mol. The number of carbonyl (C=O) groups is 2. The molecule has 9 nitrogen and oxygen atoms in total. The lowest BCUT2D eigenvalue weighted by molar-refractivity contribution is -0.384. The normalized spacial score (nSPS) is 11.3. The second-order valence-corrected chi connectivity index (χ2v) is 6.45. The molecule has 1 atom stereocenters. The van der Waals surface area contributed by atoms with Gasteiger partial charge < -0.3 is 19.5 Å². The van der Waals surface area contributed by atoms with Gasteiger partial charge in [0, 0.05) is 12.1 Å². The number of rotatable bonds is 10. The number of hydrogen-bond acceptors (Lipinski definition) is 7. The smallest absolute Gasteiger partial charge is 0.310 e. The number of anilines is 1. The van der Waals surface area contributed by atoms with Gasteiger partial charge in [0.1, 0.15) is 11.5 Å². The van der Waals surface area contributed by atoms with Gasteiger partial charge in [0.25, 0.3) is 11.6 Å². The fourth-order valence-electron chi connectivity index (χ4n) is 2.32. The van der Waals surface area contributed by atoms with Crippen molar-refractivity contribution in [3.63, 3.8) is 0 Å².